The number of hydrogen-bond donors (Lipinski definition) is 1. The lowest BCUT2D eigenvalue weighted by atomic mass is 10.1. The van der Waals surface area contributed by atoms with Crippen LogP contribution < -0.4 is 4.74 Å². The summed E-state index contributed by atoms with van der Waals surface area (Å²) in [7, 11) is 0. The number of carboxylic acid groups (broad SMARTS) is 1. The Morgan fingerprint density at radius 1 is 1.07 bits per heavy atom. The molecule has 2 aromatic carbocycles. The van der Waals surface area contributed by atoms with Crippen LogP contribution >= 0.6 is 11.3 Å². The van der Waals surface area contributed by atoms with Crippen LogP contribution in [-0.2, 0) is 6.18 Å². The first-order chi connectivity index (χ1) is 13.3. The van der Waals surface area contributed by atoms with Gasteiger partial charge in [-0.25, -0.2) is 9.78 Å². The van der Waals surface area contributed by atoms with Gasteiger partial charge in [-0.15, -0.1) is 0 Å². The van der Waals surface area contributed by atoms with Gasteiger partial charge in [-0.05, 0) is 55.2 Å². The van der Waals surface area contributed by atoms with Gasteiger partial charge in [-0.3, -0.25) is 0 Å². The summed E-state index contributed by atoms with van der Waals surface area (Å²) >= 11 is 1.37. The van der Waals surface area contributed by atoms with Gasteiger partial charge in [0.1, 0.15) is 5.75 Å². The summed E-state index contributed by atoms with van der Waals surface area (Å²) in [4.78, 5) is 16.6. The van der Waals surface area contributed by atoms with Crippen molar-refractivity contribution in [3.63, 3.8) is 0 Å². The van der Waals surface area contributed by atoms with Gasteiger partial charge in [0.05, 0.1) is 16.8 Å². The maximum atomic E-state index is 12.7. The third kappa shape index (κ3) is 3.87. The van der Waals surface area contributed by atoms with Crippen LogP contribution in [-0.4, -0.2) is 16.1 Å². The Hall–Kier alpha value is -2.87. The summed E-state index contributed by atoms with van der Waals surface area (Å²) in [5.41, 5.74) is 0.960. The van der Waals surface area contributed by atoms with Crippen molar-refractivity contribution in [1.82, 2.24) is 4.98 Å². The Morgan fingerprint density at radius 3 is 2.25 bits per heavy atom. The second-order valence-corrected chi connectivity index (χ2v) is 7.47. The summed E-state index contributed by atoms with van der Waals surface area (Å²) in [5.74, 6) is -0.341. The smallest absolute Gasteiger partial charge is 0.416 e. The Morgan fingerprint density at radius 2 is 1.71 bits per heavy atom. The van der Waals surface area contributed by atoms with Crippen molar-refractivity contribution in [3.05, 3.63) is 64.5 Å². The van der Waals surface area contributed by atoms with Gasteiger partial charge in [-0.1, -0.05) is 23.5 Å². The molecule has 0 bridgehead atoms. The predicted molar refractivity (Wildman–Crippen MR) is 98.0 cm³/mol. The first-order valence-corrected chi connectivity index (χ1v) is 9.32. The highest BCUT2D eigenvalue weighted by Crippen LogP contribution is 2.49. The van der Waals surface area contributed by atoms with Crippen LogP contribution in [0.25, 0.3) is 11.3 Å². The molecule has 4 nitrogen and oxygen atoms in total. The molecule has 1 aromatic heterocycles. The standard InChI is InChI=1S/C20H14F3NO3S/c21-20(22,23)14-7-9-15(10-8-14)27-19-24-16(17(28-19)12-3-4-12)11-1-5-13(6-2-11)18(25)26/h1-2,5-10,12H,3-4H2,(H,25,26). The maximum absolute atomic E-state index is 12.7. The van der Waals surface area contributed by atoms with Crippen LogP contribution in [0, 0.1) is 0 Å². The minimum Gasteiger partial charge on any atom is -0.478 e. The van der Waals surface area contributed by atoms with Gasteiger partial charge in [0.15, 0.2) is 0 Å². The molecule has 0 saturated heterocycles. The molecule has 1 aliphatic carbocycles. The van der Waals surface area contributed by atoms with Crippen LogP contribution in [0.1, 0.15) is 39.6 Å². The van der Waals surface area contributed by atoms with Crippen molar-refractivity contribution in [1.29, 1.82) is 0 Å². The average molecular weight is 405 g/mol. The number of halogens is 3. The fraction of sp³-hybridized carbons (Fsp3) is 0.200. The third-order valence-electron chi connectivity index (χ3n) is 4.37. The predicted octanol–water partition coefficient (Wildman–Crippen LogP) is 6.20. The van der Waals surface area contributed by atoms with E-state index in [1.165, 1.54) is 35.6 Å². The van der Waals surface area contributed by atoms with Crippen LogP contribution in [0.2, 0.25) is 0 Å². The summed E-state index contributed by atoms with van der Waals surface area (Å²) in [6.07, 6.45) is -2.31. The lowest BCUT2D eigenvalue weighted by Gasteiger charge is -2.07. The zero-order valence-electron chi connectivity index (χ0n) is 14.4. The van der Waals surface area contributed by atoms with E-state index >= 15 is 0 Å². The first-order valence-electron chi connectivity index (χ1n) is 8.51. The molecule has 0 radical (unpaired) electrons. The monoisotopic (exact) mass is 405 g/mol. The zero-order valence-corrected chi connectivity index (χ0v) is 15.2. The molecule has 0 amide bonds. The van der Waals surface area contributed by atoms with Crippen molar-refractivity contribution < 1.29 is 27.8 Å². The van der Waals surface area contributed by atoms with E-state index < -0.39 is 17.7 Å². The summed E-state index contributed by atoms with van der Waals surface area (Å²) < 4.78 is 43.7. The Balaban J connectivity index is 1.61. The number of aromatic nitrogens is 1. The average Bonchev–Trinajstić information content (AvgIpc) is 3.42. The van der Waals surface area contributed by atoms with Crippen LogP contribution in [0.5, 0.6) is 10.9 Å². The molecular formula is C20H14F3NO3S. The number of carboxylic acids is 1. The lowest BCUT2D eigenvalue weighted by molar-refractivity contribution is -0.137. The highest BCUT2D eigenvalue weighted by molar-refractivity contribution is 7.14. The molecule has 1 fully saturated rings. The van der Waals surface area contributed by atoms with Gasteiger partial charge in [0.25, 0.3) is 5.19 Å². The summed E-state index contributed by atoms with van der Waals surface area (Å²) in [6, 6.07) is 10.9. The minimum absolute atomic E-state index is 0.188. The van der Waals surface area contributed by atoms with Crippen molar-refractivity contribution in [2.24, 2.45) is 0 Å². The van der Waals surface area contributed by atoms with E-state index in [9.17, 15) is 18.0 Å². The minimum atomic E-state index is -4.39. The molecule has 0 atom stereocenters. The van der Waals surface area contributed by atoms with E-state index in [1.54, 1.807) is 12.1 Å². The van der Waals surface area contributed by atoms with Crippen LogP contribution in [0.3, 0.4) is 0 Å². The normalized spacial score (nSPS) is 14.1. The summed E-state index contributed by atoms with van der Waals surface area (Å²) in [6.45, 7) is 0. The van der Waals surface area contributed by atoms with Gasteiger partial charge < -0.3 is 9.84 Å². The second kappa shape index (κ2) is 6.94. The number of alkyl halides is 3. The number of ether oxygens (including phenoxy) is 1. The topological polar surface area (TPSA) is 59.4 Å². The Kier molecular flexibility index (Phi) is 4.58. The molecule has 28 heavy (non-hydrogen) atoms. The molecule has 0 spiro atoms. The third-order valence-corrected chi connectivity index (χ3v) is 5.47. The number of thiazole rings is 1. The quantitative estimate of drug-likeness (QED) is 0.549. The largest absolute Gasteiger partial charge is 0.478 e. The highest BCUT2D eigenvalue weighted by atomic mass is 32.1. The van der Waals surface area contributed by atoms with Crippen LogP contribution in [0.4, 0.5) is 13.2 Å². The molecule has 144 valence electrons. The highest BCUT2D eigenvalue weighted by Gasteiger charge is 2.31. The van der Waals surface area contributed by atoms with E-state index in [0.29, 0.717) is 11.1 Å². The van der Waals surface area contributed by atoms with Crippen LogP contribution in [0.15, 0.2) is 48.5 Å². The van der Waals surface area contributed by atoms with Crippen molar-refractivity contribution in [3.8, 4) is 22.2 Å². The van der Waals surface area contributed by atoms with Gasteiger partial charge in [0.2, 0.25) is 0 Å². The molecule has 1 N–H and O–H groups in total. The van der Waals surface area contributed by atoms with E-state index in [2.05, 4.69) is 4.98 Å². The lowest BCUT2D eigenvalue weighted by Crippen LogP contribution is -2.03. The SMILES string of the molecule is O=C(O)c1ccc(-c2nc(Oc3ccc(C(F)(F)F)cc3)sc2C2CC2)cc1. The molecule has 0 unspecified atom stereocenters. The molecule has 8 heteroatoms. The Bertz CT molecular complexity index is 1010. The van der Waals surface area contributed by atoms with E-state index in [0.717, 1.165) is 41.1 Å². The van der Waals surface area contributed by atoms with Crippen molar-refractivity contribution >= 4 is 17.3 Å². The summed E-state index contributed by atoms with van der Waals surface area (Å²) in [5, 5.41) is 9.38. The number of aromatic carboxylic acids is 1. The number of rotatable bonds is 5. The molecular weight excluding hydrogens is 391 g/mol. The van der Waals surface area contributed by atoms with Crippen molar-refractivity contribution in [2.45, 2.75) is 24.9 Å². The number of nitrogens with zero attached hydrogens (tertiary/aromatic N) is 1. The van der Waals surface area contributed by atoms with Crippen molar-refractivity contribution in [2.75, 3.05) is 0 Å². The fourth-order valence-corrected chi connectivity index (χ4v) is 3.89. The van der Waals surface area contributed by atoms with E-state index in [4.69, 9.17) is 9.84 Å². The molecule has 3 aromatic rings. The molecule has 1 saturated carbocycles. The second-order valence-electron chi connectivity index (χ2n) is 6.47. The Labute approximate surface area is 162 Å². The maximum Gasteiger partial charge on any atom is 0.416 e. The molecule has 4 rings (SSSR count). The molecule has 0 aliphatic heterocycles. The van der Waals surface area contributed by atoms with Gasteiger partial charge >= 0.3 is 12.1 Å². The molecule has 1 heterocycles. The number of hydrogen-bond acceptors (Lipinski definition) is 4. The molecule has 1 aliphatic rings. The van der Waals surface area contributed by atoms with Gasteiger partial charge in [-0.2, -0.15) is 13.2 Å². The van der Waals surface area contributed by atoms with E-state index in [1.807, 2.05) is 0 Å². The number of benzene rings is 2. The van der Waals surface area contributed by atoms with E-state index in [-0.39, 0.29) is 11.3 Å². The zero-order chi connectivity index (χ0) is 19.9. The van der Waals surface area contributed by atoms with Gasteiger partial charge in [0, 0.05) is 10.4 Å². The number of carbonyl (C=O) groups is 1. The first kappa shape index (κ1) is 18.5. The fourth-order valence-electron chi connectivity index (χ4n) is 2.77.